The van der Waals surface area contributed by atoms with Crippen LogP contribution in [0.1, 0.15) is 41.7 Å². The monoisotopic (exact) mass is 355 g/mol. The smallest absolute Gasteiger partial charge is 0.254 e. The van der Waals surface area contributed by atoms with Gasteiger partial charge in [-0.25, -0.2) is 4.98 Å². The summed E-state index contributed by atoms with van der Waals surface area (Å²) in [5.41, 5.74) is 2.35. The number of benzene rings is 1. The number of carbonyl (C=O) groups is 2. The van der Waals surface area contributed by atoms with Crippen LogP contribution >= 0.6 is 11.8 Å². The summed E-state index contributed by atoms with van der Waals surface area (Å²) in [4.78, 5) is 28.5. The molecule has 2 amide bonds. The highest BCUT2D eigenvalue weighted by Crippen LogP contribution is 2.30. The van der Waals surface area contributed by atoms with Gasteiger partial charge in [0, 0.05) is 17.8 Å². The van der Waals surface area contributed by atoms with Gasteiger partial charge in [0.1, 0.15) is 5.03 Å². The first kappa shape index (κ1) is 17.5. The minimum absolute atomic E-state index is 0.0928. The molecule has 2 N–H and O–H groups in total. The summed E-state index contributed by atoms with van der Waals surface area (Å²) in [6.45, 7) is 1.94. The van der Waals surface area contributed by atoms with Gasteiger partial charge in [0.2, 0.25) is 5.91 Å². The molecular formula is C19H21N3O2S. The minimum Gasteiger partial charge on any atom is -0.345 e. The number of hydrogen-bond donors (Lipinski definition) is 2. The number of hydrogen-bond acceptors (Lipinski definition) is 4. The number of nitrogens with one attached hydrogen (secondary N) is 2. The molecule has 0 spiro atoms. The predicted octanol–water partition coefficient (Wildman–Crippen LogP) is 3.64. The maximum absolute atomic E-state index is 12.5. The fraction of sp³-hybridized carbons (Fsp3) is 0.316. The average molecular weight is 355 g/mol. The fourth-order valence-corrected chi connectivity index (χ4v) is 3.08. The first-order valence-corrected chi connectivity index (χ1v) is 9.51. The molecule has 0 saturated heterocycles. The first-order chi connectivity index (χ1) is 12.1. The van der Waals surface area contributed by atoms with E-state index in [-0.39, 0.29) is 23.8 Å². The van der Waals surface area contributed by atoms with E-state index in [9.17, 15) is 9.59 Å². The Morgan fingerprint density at radius 1 is 1.20 bits per heavy atom. The van der Waals surface area contributed by atoms with Gasteiger partial charge in [-0.05, 0) is 55.9 Å². The van der Waals surface area contributed by atoms with E-state index in [2.05, 4.69) is 15.6 Å². The summed E-state index contributed by atoms with van der Waals surface area (Å²) < 4.78 is 0. The van der Waals surface area contributed by atoms with Gasteiger partial charge in [-0.1, -0.05) is 12.1 Å². The highest BCUT2D eigenvalue weighted by Gasteiger charge is 2.29. The lowest BCUT2D eigenvalue weighted by atomic mass is 10.1. The van der Waals surface area contributed by atoms with E-state index >= 15 is 0 Å². The quantitative estimate of drug-likeness (QED) is 0.776. The third kappa shape index (κ3) is 4.39. The van der Waals surface area contributed by atoms with Crippen LogP contribution in [0.5, 0.6) is 0 Å². The van der Waals surface area contributed by atoms with Crippen molar-refractivity contribution in [2.45, 2.75) is 30.8 Å². The number of carbonyl (C=O) groups excluding carboxylic acids is 2. The number of anilines is 1. The lowest BCUT2D eigenvalue weighted by molar-refractivity contribution is -0.117. The molecule has 1 unspecified atom stereocenters. The number of aromatic nitrogens is 1. The number of nitrogens with zero attached hydrogens (tertiary/aromatic N) is 1. The Morgan fingerprint density at radius 3 is 2.56 bits per heavy atom. The molecule has 1 aliphatic rings. The van der Waals surface area contributed by atoms with E-state index in [0.29, 0.717) is 10.6 Å². The molecule has 1 fully saturated rings. The van der Waals surface area contributed by atoms with Crippen molar-refractivity contribution in [3.8, 4) is 0 Å². The van der Waals surface area contributed by atoms with E-state index in [4.69, 9.17) is 0 Å². The van der Waals surface area contributed by atoms with Crippen molar-refractivity contribution in [2.75, 3.05) is 11.6 Å². The van der Waals surface area contributed by atoms with Crippen LogP contribution in [0.3, 0.4) is 0 Å². The number of thioether (sulfide) groups is 1. The van der Waals surface area contributed by atoms with Gasteiger partial charge < -0.3 is 10.6 Å². The van der Waals surface area contributed by atoms with Crippen molar-refractivity contribution < 1.29 is 9.59 Å². The van der Waals surface area contributed by atoms with Crippen molar-refractivity contribution in [1.29, 1.82) is 0 Å². The molecule has 0 bridgehead atoms. The fourth-order valence-electron chi connectivity index (χ4n) is 2.53. The van der Waals surface area contributed by atoms with Gasteiger partial charge in [-0.15, -0.1) is 11.8 Å². The Bertz CT molecular complexity index is 772. The Balaban J connectivity index is 1.63. The zero-order chi connectivity index (χ0) is 17.8. The predicted molar refractivity (Wildman–Crippen MR) is 99.7 cm³/mol. The van der Waals surface area contributed by atoms with Crippen LogP contribution < -0.4 is 10.6 Å². The summed E-state index contributed by atoms with van der Waals surface area (Å²) in [7, 11) is 0. The highest BCUT2D eigenvalue weighted by molar-refractivity contribution is 7.98. The summed E-state index contributed by atoms with van der Waals surface area (Å²) >= 11 is 1.45. The van der Waals surface area contributed by atoms with Gasteiger partial charge in [-0.3, -0.25) is 9.59 Å². The second kappa shape index (κ2) is 7.70. The molecule has 1 aromatic heterocycles. The van der Waals surface area contributed by atoms with Crippen LogP contribution in [0.25, 0.3) is 0 Å². The van der Waals surface area contributed by atoms with Crippen LogP contribution in [-0.2, 0) is 4.79 Å². The van der Waals surface area contributed by atoms with Crippen LogP contribution in [0.15, 0.2) is 47.6 Å². The summed E-state index contributed by atoms with van der Waals surface area (Å²) in [6.07, 6.45) is 5.55. The van der Waals surface area contributed by atoms with Crippen LogP contribution in [0.4, 0.5) is 5.69 Å². The van der Waals surface area contributed by atoms with Crippen LogP contribution in [0, 0.1) is 5.92 Å². The van der Waals surface area contributed by atoms with Crippen molar-refractivity contribution in [3.05, 3.63) is 53.7 Å². The molecule has 1 heterocycles. The third-order valence-electron chi connectivity index (χ3n) is 4.18. The maximum atomic E-state index is 12.5. The first-order valence-electron chi connectivity index (χ1n) is 8.29. The van der Waals surface area contributed by atoms with Gasteiger partial charge in [0.05, 0.1) is 11.6 Å². The molecule has 3 rings (SSSR count). The number of pyridine rings is 1. The van der Waals surface area contributed by atoms with Crippen LogP contribution in [0.2, 0.25) is 0 Å². The molecule has 1 aliphatic carbocycles. The Hall–Kier alpha value is -2.34. The van der Waals surface area contributed by atoms with Crippen molar-refractivity contribution in [2.24, 2.45) is 5.92 Å². The van der Waals surface area contributed by atoms with Crippen molar-refractivity contribution >= 4 is 29.3 Å². The maximum Gasteiger partial charge on any atom is 0.254 e. The molecule has 0 radical (unpaired) electrons. The second-order valence-corrected chi connectivity index (χ2v) is 6.94. The van der Waals surface area contributed by atoms with Crippen LogP contribution in [-0.4, -0.2) is 23.1 Å². The highest BCUT2D eigenvalue weighted by atomic mass is 32.2. The van der Waals surface area contributed by atoms with E-state index in [1.807, 2.05) is 37.4 Å². The molecule has 2 aromatic rings. The molecule has 1 atom stereocenters. The van der Waals surface area contributed by atoms with Crippen molar-refractivity contribution in [1.82, 2.24) is 10.3 Å². The summed E-state index contributed by atoms with van der Waals surface area (Å²) in [5.74, 6) is 0.134. The standard InChI is InChI=1S/C19H21N3O2S/c1-12(21-18(24)16-4-3-11-20-19(16)25-2)13-7-9-15(10-8-13)22-17(23)14-5-6-14/h3-4,7-12,14H,5-6H2,1-2H3,(H,21,24)(H,22,23). The molecule has 130 valence electrons. The topological polar surface area (TPSA) is 71.1 Å². The molecule has 6 heteroatoms. The van der Waals surface area contributed by atoms with Crippen molar-refractivity contribution in [3.63, 3.8) is 0 Å². The molecular weight excluding hydrogens is 334 g/mol. The average Bonchev–Trinajstić information content (AvgIpc) is 3.47. The summed E-state index contributed by atoms with van der Waals surface area (Å²) in [5, 5.41) is 6.62. The largest absolute Gasteiger partial charge is 0.345 e. The minimum atomic E-state index is -0.143. The van der Waals surface area contributed by atoms with E-state index in [1.165, 1.54) is 11.8 Å². The Labute approximate surface area is 151 Å². The van der Waals surface area contributed by atoms with Gasteiger partial charge in [-0.2, -0.15) is 0 Å². The second-order valence-electron chi connectivity index (χ2n) is 6.14. The van der Waals surface area contributed by atoms with Gasteiger partial charge in [0.25, 0.3) is 5.91 Å². The number of amides is 2. The van der Waals surface area contributed by atoms with E-state index in [0.717, 1.165) is 24.1 Å². The molecule has 0 aliphatic heterocycles. The van der Waals surface area contributed by atoms with Gasteiger partial charge in [0.15, 0.2) is 0 Å². The molecule has 5 nitrogen and oxygen atoms in total. The lowest BCUT2D eigenvalue weighted by Gasteiger charge is -2.16. The third-order valence-corrected chi connectivity index (χ3v) is 4.90. The van der Waals surface area contributed by atoms with E-state index in [1.54, 1.807) is 18.3 Å². The SMILES string of the molecule is CSc1ncccc1C(=O)NC(C)c1ccc(NC(=O)C2CC2)cc1. The zero-order valence-corrected chi connectivity index (χ0v) is 15.1. The van der Waals surface area contributed by atoms with E-state index < -0.39 is 0 Å². The number of rotatable bonds is 6. The Morgan fingerprint density at radius 2 is 1.92 bits per heavy atom. The summed E-state index contributed by atoms with van der Waals surface area (Å²) in [6, 6.07) is 11.0. The van der Waals surface area contributed by atoms with Gasteiger partial charge >= 0.3 is 0 Å². The molecule has 1 aromatic carbocycles. The molecule has 1 saturated carbocycles. The Kier molecular flexibility index (Phi) is 5.38. The zero-order valence-electron chi connectivity index (χ0n) is 14.3. The lowest BCUT2D eigenvalue weighted by Crippen LogP contribution is -2.27. The normalized spacial score (nSPS) is 14.6. The molecule has 25 heavy (non-hydrogen) atoms.